The Morgan fingerprint density at radius 1 is 0.913 bits per heavy atom. The number of amides is 2. The van der Waals surface area contributed by atoms with Crippen molar-refractivity contribution >= 4 is 11.8 Å². The molecule has 5 heteroatoms. The summed E-state index contributed by atoms with van der Waals surface area (Å²) < 4.78 is 0. The number of hydrogen-bond acceptors (Lipinski definition) is 3. The second-order valence-electron chi connectivity index (χ2n) is 5.36. The molecule has 23 heavy (non-hydrogen) atoms. The molecule has 1 atom stereocenters. The SMILES string of the molecule is CC(=O)NNC(=O)CN[C@H](c1ccccc1)c1ccc(C)cc1. The molecular weight excluding hydrogens is 290 g/mol. The van der Waals surface area contributed by atoms with E-state index in [2.05, 4.69) is 16.2 Å². The van der Waals surface area contributed by atoms with Gasteiger partial charge in [0.2, 0.25) is 5.91 Å². The van der Waals surface area contributed by atoms with Gasteiger partial charge in [-0.1, -0.05) is 60.2 Å². The van der Waals surface area contributed by atoms with Crippen LogP contribution in [0.2, 0.25) is 0 Å². The first-order valence-corrected chi connectivity index (χ1v) is 7.46. The van der Waals surface area contributed by atoms with Crippen molar-refractivity contribution in [2.24, 2.45) is 0 Å². The molecule has 0 aliphatic carbocycles. The fraction of sp³-hybridized carbons (Fsp3) is 0.222. The molecule has 2 aromatic rings. The minimum atomic E-state index is -0.309. The standard InChI is InChI=1S/C18H21N3O2/c1-13-8-10-16(11-9-13)18(15-6-4-3-5-7-15)19-12-17(23)21-20-14(2)22/h3-11,18-19H,12H2,1-2H3,(H,20,22)(H,21,23)/t18-/m1/s1. The number of aryl methyl sites for hydroxylation is 1. The van der Waals surface area contributed by atoms with Gasteiger partial charge >= 0.3 is 0 Å². The van der Waals surface area contributed by atoms with Gasteiger partial charge in [-0.3, -0.25) is 25.8 Å². The van der Waals surface area contributed by atoms with Gasteiger partial charge in [-0.05, 0) is 18.1 Å². The smallest absolute Gasteiger partial charge is 0.252 e. The molecule has 2 amide bonds. The normalized spacial score (nSPS) is 11.6. The monoisotopic (exact) mass is 311 g/mol. The van der Waals surface area contributed by atoms with Gasteiger partial charge in [0.1, 0.15) is 0 Å². The third-order valence-corrected chi connectivity index (χ3v) is 3.39. The van der Waals surface area contributed by atoms with Crippen LogP contribution >= 0.6 is 0 Å². The summed E-state index contributed by atoms with van der Waals surface area (Å²) in [6.45, 7) is 3.47. The largest absolute Gasteiger partial charge is 0.298 e. The van der Waals surface area contributed by atoms with Gasteiger partial charge in [-0.15, -0.1) is 0 Å². The Labute approximate surface area is 136 Å². The summed E-state index contributed by atoms with van der Waals surface area (Å²) in [4.78, 5) is 22.6. The van der Waals surface area contributed by atoms with Crippen molar-refractivity contribution in [1.29, 1.82) is 0 Å². The second-order valence-corrected chi connectivity index (χ2v) is 5.36. The van der Waals surface area contributed by atoms with Crippen LogP contribution in [0.1, 0.15) is 29.7 Å². The molecule has 0 spiro atoms. The molecule has 3 N–H and O–H groups in total. The Bertz CT molecular complexity index is 654. The highest BCUT2D eigenvalue weighted by molar-refractivity contribution is 5.82. The van der Waals surface area contributed by atoms with Crippen LogP contribution in [0.4, 0.5) is 0 Å². The van der Waals surface area contributed by atoms with E-state index < -0.39 is 0 Å². The Morgan fingerprint density at radius 3 is 2.13 bits per heavy atom. The topological polar surface area (TPSA) is 70.2 Å². The Hall–Kier alpha value is -2.66. The summed E-state index contributed by atoms with van der Waals surface area (Å²) in [7, 11) is 0. The molecule has 0 unspecified atom stereocenters. The molecule has 2 rings (SSSR count). The fourth-order valence-corrected chi connectivity index (χ4v) is 2.23. The summed E-state index contributed by atoms with van der Waals surface area (Å²) in [5.41, 5.74) is 7.96. The molecule has 0 saturated carbocycles. The summed E-state index contributed by atoms with van der Waals surface area (Å²) >= 11 is 0. The number of carbonyl (C=O) groups is 2. The lowest BCUT2D eigenvalue weighted by molar-refractivity contribution is -0.127. The van der Waals surface area contributed by atoms with Gasteiger partial charge in [-0.25, -0.2) is 0 Å². The van der Waals surface area contributed by atoms with E-state index in [9.17, 15) is 9.59 Å². The van der Waals surface area contributed by atoms with Gasteiger partial charge in [0.15, 0.2) is 0 Å². The molecule has 5 nitrogen and oxygen atoms in total. The predicted molar refractivity (Wildman–Crippen MR) is 89.4 cm³/mol. The predicted octanol–water partition coefficient (Wildman–Crippen LogP) is 1.84. The maximum atomic E-state index is 11.8. The molecule has 2 aromatic carbocycles. The Morgan fingerprint density at radius 2 is 1.52 bits per heavy atom. The lowest BCUT2D eigenvalue weighted by Crippen LogP contribution is -2.45. The molecule has 0 aromatic heterocycles. The van der Waals surface area contributed by atoms with Crippen LogP contribution in [0.5, 0.6) is 0 Å². The Balaban J connectivity index is 2.10. The zero-order chi connectivity index (χ0) is 16.7. The van der Waals surface area contributed by atoms with Gasteiger partial charge < -0.3 is 0 Å². The van der Waals surface area contributed by atoms with E-state index in [4.69, 9.17) is 0 Å². The average Bonchev–Trinajstić information content (AvgIpc) is 2.55. The van der Waals surface area contributed by atoms with Crippen molar-refractivity contribution in [2.45, 2.75) is 19.9 Å². The van der Waals surface area contributed by atoms with Crippen LogP contribution in [-0.4, -0.2) is 18.4 Å². The zero-order valence-electron chi connectivity index (χ0n) is 13.3. The van der Waals surface area contributed by atoms with E-state index in [1.165, 1.54) is 12.5 Å². The van der Waals surface area contributed by atoms with E-state index in [1.807, 2.05) is 61.5 Å². The van der Waals surface area contributed by atoms with Gasteiger partial charge in [0.25, 0.3) is 5.91 Å². The summed E-state index contributed by atoms with van der Waals surface area (Å²) in [5, 5.41) is 3.23. The van der Waals surface area contributed by atoms with Crippen LogP contribution in [0.15, 0.2) is 54.6 Å². The third kappa shape index (κ3) is 5.23. The quantitative estimate of drug-likeness (QED) is 0.738. The molecule has 0 aliphatic heterocycles. The fourth-order valence-electron chi connectivity index (χ4n) is 2.23. The van der Waals surface area contributed by atoms with Crippen molar-refractivity contribution in [2.75, 3.05) is 6.54 Å². The minimum Gasteiger partial charge on any atom is -0.298 e. The van der Waals surface area contributed by atoms with Crippen LogP contribution in [0.3, 0.4) is 0 Å². The van der Waals surface area contributed by atoms with E-state index in [1.54, 1.807) is 0 Å². The second kappa shape index (κ2) is 8.10. The van der Waals surface area contributed by atoms with Crippen molar-refractivity contribution in [3.8, 4) is 0 Å². The molecular formula is C18H21N3O2. The van der Waals surface area contributed by atoms with E-state index in [0.717, 1.165) is 11.1 Å². The third-order valence-electron chi connectivity index (χ3n) is 3.39. The van der Waals surface area contributed by atoms with E-state index >= 15 is 0 Å². The number of nitrogens with one attached hydrogen (secondary N) is 3. The van der Waals surface area contributed by atoms with Crippen LogP contribution < -0.4 is 16.2 Å². The maximum absolute atomic E-state index is 11.8. The highest BCUT2D eigenvalue weighted by Crippen LogP contribution is 2.22. The summed E-state index contributed by atoms with van der Waals surface area (Å²) in [5.74, 6) is -0.607. The minimum absolute atomic E-state index is 0.0910. The Kier molecular flexibility index (Phi) is 5.88. The molecule has 0 saturated heterocycles. The first kappa shape index (κ1) is 16.7. The van der Waals surface area contributed by atoms with E-state index in [-0.39, 0.29) is 24.4 Å². The number of hydrogen-bond donors (Lipinski definition) is 3. The summed E-state index contributed by atoms with van der Waals surface area (Å²) in [6, 6.07) is 18.0. The number of carbonyl (C=O) groups excluding carboxylic acids is 2. The van der Waals surface area contributed by atoms with Crippen molar-refractivity contribution in [1.82, 2.24) is 16.2 Å². The highest BCUT2D eigenvalue weighted by atomic mass is 16.2. The lowest BCUT2D eigenvalue weighted by atomic mass is 9.98. The zero-order valence-corrected chi connectivity index (χ0v) is 13.3. The van der Waals surface area contributed by atoms with Crippen molar-refractivity contribution in [3.63, 3.8) is 0 Å². The maximum Gasteiger partial charge on any atom is 0.252 e. The number of rotatable bonds is 5. The molecule has 0 fully saturated rings. The molecule has 0 bridgehead atoms. The molecule has 120 valence electrons. The molecule has 0 radical (unpaired) electrons. The molecule has 0 aliphatic rings. The lowest BCUT2D eigenvalue weighted by Gasteiger charge is -2.20. The van der Waals surface area contributed by atoms with Crippen LogP contribution in [0.25, 0.3) is 0 Å². The highest BCUT2D eigenvalue weighted by Gasteiger charge is 2.14. The average molecular weight is 311 g/mol. The van der Waals surface area contributed by atoms with Gasteiger partial charge in [0.05, 0.1) is 12.6 Å². The number of hydrazine groups is 1. The van der Waals surface area contributed by atoms with Gasteiger partial charge in [0, 0.05) is 6.92 Å². The van der Waals surface area contributed by atoms with Crippen LogP contribution in [-0.2, 0) is 9.59 Å². The first-order valence-electron chi connectivity index (χ1n) is 7.46. The molecule has 0 heterocycles. The van der Waals surface area contributed by atoms with E-state index in [0.29, 0.717) is 0 Å². The first-order chi connectivity index (χ1) is 11.1. The summed E-state index contributed by atoms with van der Waals surface area (Å²) in [6.07, 6.45) is 0. The van der Waals surface area contributed by atoms with Crippen LogP contribution in [0, 0.1) is 6.92 Å². The van der Waals surface area contributed by atoms with Gasteiger partial charge in [-0.2, -0.15) is 0 Å². The van der Waals surface area contributed by atoms with Crippen molar-refractivity contribution in [3.05, 3.63) is 71.3 Å². The number of benzene rings is 2. The van der Waals surface area contributed by atoms with Crippen molar-refractivity contribution < 1.29 is 9.59 Å².